The smallest absolute Gasteiger partial charge is 0.407 e. The average Bonchev–Trinajstić information content (AvgIpc) is 3.17. The highest BCUT2D eigenvalue weighted by Crippen LogP contribution is 2.44. The van der Waals surface area contributed by atoms with Gasteiger partial charge in [0, 0.05) is 18.4 Å². The molecule has 0 radical (unpaired) electrons. The van der Waals surface area contributed by atoms with E-state index in [1.165, 1.54) is 0 Å². The molecule has 1 aliphatic rings. The Morgan fingerprint density at radius 3 is 2.06 bits per heavy atom. The van der Waals surface area contributed by atoms with Crippen LogP contribution in [0.2, 0.25) is 0 Å². The number of hydrogen-bond donors (Lipinski definition) is 2. The van der Waals surface area contributed by atoms with Crippen molar-refractivity contribution in [1.29, 1.82) is 0 Å². The third-order valence-electron chi connectivity index (χ3n) is 5.90. The van der Waals surface area contributed by atoms with Crippen LogP contribution < -0.4 is 11.1 Å². The first-order valence-electron chi connectivity index (χ1n) is 11.3. The molecule has 3 aromatic carbocycles. The number of carbonyl (C=O) groups is 3. The van der Waals surface area contributed by atoms with Crippen LogP contribution in [0.25, 0.3) is 11.1 Å². The van der Waals surface area contributed by atoms with Gasteiger partial charge in [0.05, 0.1) is 0 Å². The van der Waals surface area contributed by atoms with E-state index in [1.807, 2.05) is 48.5 Å². The fourth-order valence-corrected chi connectivity index (χ4v) is 4.27. The lowest BCUT2D eigenvalue weighted by Crippen LogP contribution is -2.43. The number of ether oxygens (including phenoxy) is 2. The van der Waals surface area contributed by atoms with Gasteiger partial charge in [-0.05, 0) is 46.4 Å². The van der Waals surface area contributed by atoms with Crippen LogP contribution >= 0.6 is 0 Å². The number of hydrogen-bond acceptors (Lipinski definition) is 5. The molecule has 36 heavy (non-hydrogen) atoms. The van der Waals surface area contributed by atoms with Crippen molar-refractivity contribution in [2.45, 2.75) is 31.4 Å². The molecule has 0 unspecified atom stereocenters. The third kappa shape index (κ3) is 5.86. The molecule has 0 spiro atoms. The van der Waals surface area contributed by atoms with Gasteiger partial charge in [-0.1, -0.05) is 48.5 Å². The van der Waals surface area contributed by atoms with Crippen LogP contribution in [0.5, 0.6) is 0 Å². The number of amides is 2. The van der Waals surface area contributed by atoms with E-state index in [-0.39, 0.29) is 30.9 Å². The number of alkyl carbamates (subject to hydrolysis) is 1. The maximum absolute atomic E-state index is 13.4. The molecule has 0 aliphatic heterocycles. The number of nitrogens with one attached hydrogen (secondary N) is 1. The van der Waals surface area contributed by atoms with E-state index < -0.39 is 42.3 Å². The van der Waals surface area contributed by atoms with Crippen molar-refractivity contribution in [2.75, 3.05) is 6.61 Å². The number of esters is 1. The second-order valence-electron chi connectivity index (χ2n) is 8.41. The Hall–Kier alpha value is -4.27. The maximum atomic E-state index is 13.4. The first-order chi connectivity index (χ1) is 17.3. The lowest BCUT2D eigenvalue weighted by atomic mass is 9.98. The predicted molar refractivity (Wildman–Crippen MR) is 127 cm³/mol. The number of benzene rings is 3. The second-order valence-corrected chi connectivity index (χ2v) is 8.41. The fourth-order valence-electron chi connectivity index (χ4n) is 4.27. The molecule has 4 rings (SSSR count). The first kappa shape index (κ1) is 24.8. The summed E-state index contributed by atoms with van der Waals surface area (Å²) in [5.41, 5.74) is 9.47. The predicted octanol–water partition coefficient (Wildman–Crippen LogP) is 4.18. The van der Waals surface area contributed by atoms with Crippen molar-refractivity contribution < 1.29 is 32.6 Å². The minimum absolute atomic E-state index is 0.0278. The topological polar surface area (TPSA) is 108 Å². The third-order valence-corrected chi connectivity index (χ3v) is 5.90. The molecule has 1 atom stereocenters. The van der Waals surface area contributed by atoms with Crippen LogP contribution in [-0.4, -0.2) is 30.6 Å². The Morgan fingerprint density at radius 2 is 1.47 bits per heavy atom. The number of primary amides is 1. The van der Waals surface area contributed by atoms with Crippen LogP contribution in [0.3, 0.4) is 0 Å². The number of carbonyl (C=O) groups excluding carboxylic acids is 3. The fraction of sp³-hybridized carbons (Fsp3) is 0.222. The van der Waals surface area contributed by atoms with Gasteiger partial charge < -0.3 is 20.5 Å². The Labute approximate surface area is 206 Å². The van der Waals surface area contributed by atoms with Crippen molar-refractivity contribution in [2.24, 2.45) is 5.73 Å². The van der Waals surface area contributed by atoms with Crippen LogP contribution in [0.15, 0.2) is 66.7 Å². The summed E-state index contributed by atoms with van der Waals surface area (Å²) in [4.78, 5) is 36.4. The summed E-state index contributed by atoms with van der Waals surface area (Å²) in [7, 11) is 0. The number of halogens is 2. The van der Waals surface area contributed by atoms with Crippen LogP contribution in [0.1, 0.15) is 35.4 Å². The maximum Gasteiger partial charge on any atom is 0.407 e. The molecule has 3 aromatic rings. The minimum atomic E-state index is -1.24. The molecule has 0 bridgehead atoms. The van der Waals surface area contributed by atoms with Crippen molar-refractivity contribution in [1.82, 2.24) is 5.32 Å². The Morgan fingerprint density at radius 1 is 0.889 bits per heavy atom. The van der Waals surface area contributed by atoms with Gasteiger partial charge in [-0.25, -0.2) is 18.4 Å². The number of nitrogens with two attached hydrogens (primary N) is 1. The molecule has 186 valence electrons. The number of fused-ring (bicyclic) bond motifs is 3. The quantitative estimate of drug-likeness (QED) is 0.434. The van der Waals surface area contributed by atoms with E-state index in [1.54, 1.807) is 0 Å². The van der Waals surface area contributed by atoms with Crippen molar-refractivity contribution in [3.63, 3.8) is 0 Å². The standard InChI is InChI=1S/C27H24F2N2O5/c28-17-11-16(12-18(29)13-17)14-35-26(33)24(9-10-25(30)32)31-27(34)36-15-23-21-7-3-1-5-19(21)20-6-2-4-8-22(20)23/h1-8,11-13,23-24H,9-10,14-15H2,(H2,30,32)(H,31,34)/t24-/m0/s1. The summed E-state index contributed by atoms with van der Waals surface area (Å²) in [5, 5.41) is 2.41. The van der Waals surface area contributed by atoms with Gasteiger partial charge in [0.25, 0.3) is 0 Å². The van der Waals surface area contributed by atoms with E-state index in [9.17, 15) is 23.2 Å². The molecule has 0 heterocycles. The molecule has 0 aromatic heterocycles. The summed E-state index contributed by atoms with van der Waals surface area (Å²) >= 11 is 0. The van der Waals surface area contributed by atoms with E-state index in [2.05, 4.69) is 5.32 Å². The zero-order valence-corrected chi connectivity index (χ0v) is 19.2. The van der Waals surface area contributed by atoms with Crippen molar-refractivity contribution >= 4 is 18.0 Å². The molecular weight excluding hydrogens is 470 g/mol. The second kappa shape index (κ2) is 11.0. The SMILES string of the molecule is NC(=O)CC[C@H](NC(=O)OCC1c2ccccc2-c2ccccc21)C(=O)OCc1cc(F)cc(F)c1. The average molecular weight is 494 g/mol. The Bertz CT molecular complexity index is 1230. The summed E-state index contributed by atoms with van der Waals surface area (Å²) in [5.74, 6) is -3.38. The van der Waals surface area contributed by atoms with Gasteiger partial charge in [0.2, 0.25) is 5.91 Å². The molecular formula is C27H24F2N2O5. The highest BCUT2D eigenvalue weighted by Gasteiger charge is 2.30. The van der Waals surface area contributed by atoms with E-state index in [4.69, 9.17) is 15.2 Å². The van der Waals surface area contributed by atoms with E-state index in [0.717, 1.165) is 34.4 Å². The largest absolute Gasteiger partial charge is 0.459 e. The Kier molecular flexibility index (Phi) is 7.58. The van der Waals surface area contributed by atoms with Gasteiger partial charge in [0.1, 0.15) is 30.9 Å². The molecule has 0 saturated carbocycles. The van der Waals surface area contributed by atoms with Gasteiger partial charge in [-0.2, -0.15) is 0 Å². The van der Waals surface area contributed by atoms with Crippen LogP contribution in [-0.2, 0) is 25.7 Å². The normalized spacial score (nSPS) is 12.8. The van der Waals surface area contributed by atoms with E-state index >= 15 is 0 Å². The van der Waals surface area contributed by atoms with Crippen LogP contribution in [0, 0.1) is 11.6 Å². The summed E-state index contributed by atoms with van der Waals surface area (Å²) in [6.45, 7) is -0.396. The highest BCUT2D eigenvalue weighted by molar-refractivity contribution is 5.83. The van der Waals surface area contributed by atoms with Crippen LogP contribution in [0.4, 0.5) is 13.6 Å². The van der Waals surface area contributed by atoms with Crippen molar-refractivity contribution in [3.05, 3.63) is 95.1 Å². The van der Waals surface area contributed by atoms with Gasteiger partial charge >= 0.3 is 12.1 Å². The lowest BCUT2D eigenvalue weighted by molar-refractivity contribution is -0.147. The summed E-state index contributed by atoms with van der Waals surface area (Å²) < 4.78 is 37.3. The monoisotopic (exact) mass is 494 g/mol. The Balaban J connectivity index is 1.39. The molecule has 3 N–H and O–H groups in total. The zero-order chi connectivity index (χ0) is 25.7. The molecule has 9 heteroatoms. The molecule has 0 saturated heterocycles. The summed E-state index contributed by atoms with van der Waals surface area (Å²) in [6, 6.07) is 17.2. The first-order valence-corrected chi connectivity index (χ1v) is 11.3. The van der Waals surface area contributed by atoms with Gasteiger partial charge in [-0.3, -0.25) is 4.79 Å². The zero-order valence-electron chi connectivity index (χ0n) is 19.2. The van der Waals surface area contributed by atoms with Gasteiger partial charge in [-0.15, -0.1) is 0 Å². The number of rotatable bonds is 9. The lowest BCUT2D eigenvalue weighted by Gasteiger charge is -2.19. The van der Waals surface area contributed by atoms with E-state index in [0.29, 0.717) is 6.07 Å². The van der Waals surface area contributed by atoms with Gasteiger partial charge in [0.15, 0.2) is 0 Å². The molecule has 2 amide bonds. The molecule has 7 nitrogen and oxygen atoms in total. The minimum Gasteiger partial charge on any atom is -0.459 e. The van der Waals surface area contributed by atoms with Crippen molar-refractivity contribution in [3.8, 4) is 11.1 Å². The highest BCUT2D eigenvalue weighted by atomic mass is 19.1. The molecule has 0 fully saturated rings. The summed E-state index contributed by atoms with van der Waals surface area (Å²) in [6.07, 6.45) is -1.20. The molecule has 1 aliphatic carbocycles.